The van der Waals surface area contributed by atoms with E-state index >= 15 is 0 Å². The van der Waals surface area contributed by atoms with Crippen LogP contribution in [0.5, 0.6) is 0 Å². The fourth-order valence-electron chi connectivity index (χ4n) is 1.35. The van der Waals surface area contributed by atoms with Gasteiger partial charge in [-0.1, -0.05) is 18.2 Å². The molecule has 1 aliphatic rings. The van der Waals surface area contributed by atoms with Gasteiger partial charge in [-0.3, -0.25) is 4.90 Å². The lowest BCUT2D eigenvalue weighted by Crippen LogP contribution is -2.34. The molecule has 1 aromatic rings. The minimum absolute atomic E-state index is 0.309. The second-order valence-corrected chi connectivity index (χ2v) is 3.13. The molecule has 1 aromatic carbocycles. The molecule has 1 heterocycles. The molecule has 0 saturated carbocycles. The number of rotatable bonds is 1. The lowest BCUT2D eigenvalue weighted by atomic mass is 10.3. The fourth-order valence-corrected chi connectivity index (χ4v) is 1.35. The van der Waals surface area contributed by atoms with Gasteiger partial charge in [-0.15, -0.1) is 0 Å². The molecule has 0 unspecified atom stereocenters. The summed E-state index contributed by atoms with van der Waals surface area (Å²) < 4.78 is 5.00. The SMILES string of the molecule is CC1=CCN(c2ccccc2)C(=O)O1. The van der Waals surface area contributed by atoms with E-state index in [0.29, 0.717) is 12.3 Å². The minimum atomic E-state index is -0.309. The summed E-state index contributed by atoms with van der Waals surface area (Å²) in [5, 5.41) is 0. The predicted octanol–water partition coefficient (Wildman–Crippen LogP) is 2.55. The molecule has 14 heavy (non-hydrogen) atoms. The van der Waals surface area contributed by atoms with Gasteiger partial charge in [0.25, 0.3) is 0 Å². The van der Waals surface area contributed by atoms with E-state index in [-0.39, 0.29) is 6.09 Å². The van der Waals surface area contributed by atoms with Crippen LogP contribution in [0.1, 0.15) is 6.92 Å². The molecule has 72 valence electrons. The second kappa shape index (κ2) is 3.54. The monoisotopic (exact) mass is 189 g/mol. The van der Waals surface area contributed by atoms with Gasteiger partial charge in [-0.05, 0) is 25.1 Å². The first-order valence-corrected chi connectivity index (χ1v) is 4.48. The van der Waals surface area contributed by atoms with Crippen molar-refractivity contribution in [2.75, 3.05) is 11.4 Å². The highest BCUT2D eigenvalue weighted by Crippen LogP contribution is 2.18. The first-order valence-electron chi connectivity index (χ1n) is 4.48. The highest BCUT2D eigenvalue weighted by molar-refractivity contribution is 5.89. The zero-order chi connectivity index (χ0) is 9.97. The van der Waals surface area contributed by atoms with Crippen molar-refractivity contribution < 1.29 is 9.53 Å². The third-order valence-electron chi connectivity index (χ3n) is 2.10. The minimum Gasteiger partial charge on any atom is -0.415 e. The first kappa shape index (κ1) is 8.81. The lowest BCUT2D eigenvalue weighted by molar-refractivity contribution is 0.180. The number of amides is 1. The Balaban J connectivity index is 2.25. The van der Waals surface area contributed by atoms with E-state index in [0.717, 1.165) is 5.69 Å². The van der Waals surface area contributed by atoms with Gasteiger partial charge in [0.05, 0.1) is 6.54 Å². The van der Waals surface area contributed by atoms with E-state index < -0.39 is 0 Å². The van der Waals surface area contributed by atoms with Crippen molar-refractivity contribution in [1.29, 1.82) is 0 Å². The van der Waals surface area contributed by atoms with Gasteiger partial charge in [0.1, 0.15) is 5.76 Å². The largest absolute Gasteiger partial charge is 0.419 e. The maximum Gasteiger partial charge on any atom is 0.419 e. The molecule has 0 spiro atoms. The van der Waals surface area contributed by atoms with Crippen LogP contribution in [0.15, 0.2) is 42.2 Å². The smallest absolute Gasteiger partial charge is 0.415 e. The zero-order valence-corrected chi connectivity index (χ0v) is 7.93. The molecule has 0 atom stereocenters. The molecule has 3 nitrogen and oxygen atoms in total. The van der Waals surface area contributed by atoms with Gasteiger partial charge in [-0.2, -0.15) is 0 Å². The summed E-state index contributed by atoms with van der Waals surface area (Å²) in [5.74, 6) is 0.669. The zero-order valence-electron chi connectivity index (χ0n) is 7.93. The number of hydrogen-bond acceptors (Lipinski definition) is 2. The fraction of sp³-hybridized carbons (Fsp3) is 0.182. The summed E-state index contributed by atoms with van der Waals surface area (Å²) in [4.78, 5) is 13.1. The quantitative estimate of drug-likeness (QED) is 0.679. The molecule has 0 fully saturated rings. The van der Waals surface area contributed by atoms with Crippen LogP contribution in [0.2, 0.25) is 0 Å². The standard InChI is InChI=1S/C11H11NO2/c1-9-7-8-12(11(13)14-9)10-5-3-2-4-6-10/h2-7H,8H2,1H3. The molecule has 1 aliphatic heterocycles. The topological polar surface area (TPSA) is 29.5 Å². The van der Waals surface area contributed by atoms with Crippen molar-refractivity contribution in [3.63, 3.8) is 0 Å². The lowest BCUT2D eigenvalue weighted by Gasteiger charge is -2.24. The summed E-state index contributed by atoms with van der Waals surface area (Å²) in [6, 6.07) is 9.48. The molecule has 0 aromatic heterocycles. The number of ether oxygens (including phenoxy) is 1. The number of para-hydroxylation sites is 1. The van der Waals surface area contributed by atoms with Crippen LogP contribution in [-0.2, 0) is 4.74 Å². The van der Waals surface area contributed by atoms with Crippen LogP contribution >= 0.6 is 0 Å². The number of carbonyl (C=O) groups is 1. The molecular weight excluding hydrogens is 178 g/mol. The van der Waals surface area contributed by atoms with Crippen molar-refractivity contribution in [3.8, 4) is 0 Å². The van der Waals surface area contributed by atoms with E-state index in [1.807, 2.05) is 36.4 Å². The Morgan fingerprint density at radius 2 is 2.00 bits per heavy atom. The Morgan fingerprint density at radius 1 is 1.29 bits per heavy atom. The number of cyclic esters (lactones) is 1. The van der Waals surface area contributed by atoms with Crippen LogP contribution in [0, 0.1) is 0 Å². The van der Waals surface area contributed by atoms with Gasteiger partial charge >= 0.3 is 6.09 Å². The summed E-state index contributed by atoms with van der Waals surface area (Å²) in [5.41, 5.74) is 0.862. The Kier molecular flexibility index (Phi) is 2.23. The van der Waals surface area contributed by atoms with Crippen molar-refractivity contribution in [2.24, 2.45) is 0 Å². The number of hydrogen-bond donors (Lipinski definition) is 0. The van der Waals surface area contributed by atoms with Crippen LogP contribution in [0.25, 0.3) is 0 Å². The first-order chi connectivity index (χ1) is 6.77. The number of carbonyl (C=O) groups excluding carboxylic acids is 1. The van der Waals surface area contributed by atoms with Crippen molar-refractivity contribution in [1.82, 2.24) is 0 Å². The molecule has 0 radical (unpaired) electrons. The number of benzene rings is 1. The van der Waals surface area contributed by atoms with Crippen LogP contribution in [0.3, 0.4) is 0 Å². The molecule has 3 heteroatoms. The average Bonchev–Trinajstić information content (AvgIpc) is 2.19. The maximum absolute atomic E-state index is 11.5. The highest BCUT2D eigenvalue weighted by atomic mass is 16.6. The summed E-state index contributed by atoms with van der Waals surface area (Å²) in [7, 11) is 0. The number of anilines is 1. The van der Waals surface area contributed by atoms with E-state index in [1.165, 1.54) is 0 Å². The van der Waals surface area contributed by atoms with E-state index in [9.17, 15) is 4.79 Å². The van der Waals surface area contributed by atoms with Gasteiger partial charge in [0.2, 0.25) is 0 Å². The van der Waals surface area contributed by atoms with E-state index in [2.05, 4.69) is 0 Å². The molecule has 1 amide bonds. The van der Waals surface area contributed by atoms with Gasteiger partial charge in [-0.25, -0.2) is 4.79 Å². The van der Waals surface area contributed by atoms with E-state index in [4.69, 9.17) is 4.74 Å². The van der Waals surface area contributed by atoms with Crippen molar-refractivity contribution in [2.45, 2.75) is 6.92 Å². The molecular formula is C11H11NO2. The summed E-state index contributed by atoms with van der Waals surface area (Å²) in [6.45, 7) is 2.36. The Hall–Kier alpha value is -1.77. The van der Waals surface area contributed by atoms with Crippen LogP contribution < -0.4 is 4.90 Å². The third kappa shape index (κ3) is 1.62. The predicted molar refractivity (Wildman–Crippen MR) is 54.0 cm³/mol. The number of nitrogens with zero attached hydrogens (tertiary/aromatic N) is 1. The second-order valence-electron chi connectivity index (χ2n) is 3.13. The molecule has 2 rings (SSSR count). The van der Waals surface area contributed by atoms with Crippen molar-refractivity contribution >= 4 is 11.8 Å². The Bertz CT molecular complexity index is 370. The van der Waals surface area contributed by atoms with E-state index in [1.54, 1.807) is 11.8 Å². The molecule has 0 bridgehead atoms. The maximum atomic E-state index is 11.5. The number of allylic oxidation sites excluding steroid dienone is 1. The van der Waals surface area contributed by atoms with Gasteiger partial charge in [0.15, 0.2) is 0 Å². The Labute approximate surface area is 82.6 Å². The van der Waals surface area contributed by atoms with Gasteiger partial charge < -0.3 is 4.74 Å². The van der Waals surface area contributed by atoms with Gasteiger partial charge in [0, 0.05) is 5.69 Å². The van der Waals surface area contributed by atoms with Crippen LogP contribution in [-0.4, -0.2) is 12.6 Å². The Morgan fingerprint density at radius 3 is 2.64 bits per heavy atom. The van der Waals surface area contributed by atoms with Crippen LogP contribution in [0.4, 0.5) is 10.5 Å². The third-order valence-corrected chi connectivity index (χ3v) is 2.10. The summed E-state index contributed by atoms with van der Waals surface area (Å²) in [6.07, 6.45) is 1.57. The average molecular weight is 189 g/mol. The highest BCUT2D eigenvalue weighted by Gasteiger charge is 2.20. The molecule has 0 aliphatic carbocycles. The molecule has 0 N–H and O–H groups in total. The summed E-state index contributed by atoms with van der Waals surface area (Å²) >= 11 is 0. The normalized spacial score (nSPS) is 16.2. The van der Waals surface area contributed by atoms with Crippen molar-refractivity contribution in [3.05, 3.63) is 42.2 Å². The molecule has 0 saturated heterocycles.